The Morgan fingerprint density at radius 3 is 2.36 bits per heavy atom. The van der Waals surface area contributed by atoms with Gasteiger partial charge in [0, 0.05) is 37.8 Å². The second kappa shape index (κ2) is 10.1. The molecule has 39 heavy (non-hydrogen) atoms. The van der Waals surface area contributed by atoms with Crippen molar-refractivity contribution in [1.29, 1.82) is 0 Å². The molecule has 4 heterocycles. The van der Waals surface area contributed by atoms with Gasteiger partial charge in [0.15, 0.2) is 5.65 Å². The van der Waals surface area contributed by atoms with Gasteiger partial charge in [-0.05, 0) is 63.3 Å². The lowest BCUT2D eigenvalue weighted by Crippen LogP contribution is -2.51. The molecule has 6 rings (SSSR count). The molecule has 10 heteroatoms. The molecule has 1 saturated carbocycles. The summed E-state index contributed by atoms with van der Waals surface area (Å²) in [4.78, 5) is 34.8. The highest BCUT2D eigenvalue weighted by Crippen LogP contribution is 2.30. The zero-order valence-corrected chi connectivity index (χ0v) is 22.6. The van der Waals surface area contributed by atoms with Gasteiger partial charge in [-0.25, -0.2) is 9.67 Å². The molecule has 1 atom stereocenters. The largest absolute Gasteiger partial charge is 0.388 e. The van der Waals surface area contributed by atoms with E-state index >= 15 is 0 Å². The quantitative estimate of drug-likeness (QED) is 0.517. The number of β-amino-alcohol motifs (C(OH)–C–C–N with tert-alkyl or cyclic N) is 1. The van der Waals surface area contributed by atoms with Crippen LogP contribution in [0.1, 0.15) is 58.3 Å². The lowest BCUT2D eigenvalue weighted by atomic mass is 9.86. The molecule has 1 aliphatic carbocycles. The molecule has 1 unspecified atom stereocenters. The van der Waals surface area contributed by atoms with Crippen LogP contribution in [-0.4, -0.2) is 77.7 Å². The Morgan fingerprint density at radius 1 is 1.00 bits per heavy atom. The number of amides is 1. The van der Waals surface area contributed by atoms with E-state index in [9.17, 15) is 19.8 Å². The summed E-state index contributed by atoms with van der Waals surface area (Å²) in [6.45, 7) is 4.42. The van der Waals surface area contributed by atoms with Crippen molar-refractivity contribution in [3.8, 4) is 5.69 Å². The van der Waals surface area contributed by atoms with Gasteiger partial charge in [0.1, 0.15) is 11.7 Å². The van der Waals surface area contributed by atoms with Crippen molar-refractivity contribution in [2.45, 2.75) is 76.0 Å². The number of nitrogens with zero attached hydrogens (tertiary/aromatic N) is 6. The average Bonchev–Trinajstić information content (AvgIpc) is 3.54. The molecule has 1 aromatic carbocycles. The predicted octanol–water partition coefficient (Wildman–Crippen LogP) is 2.48. The van der Waals surface area contributed by atoms with E-state index in [1.807, 2.05) is 36.1 Å². The van der Waals surface area contributed by atoms with E-state index in [1.54, 1.807) is 4.68 Å². The molecule has 0 radical (unpaired) electrons. The summed E-state index contributed by atoms with van der Waals surface area (Å²) < 4.78 is 3.12. The van der Waals surface area contributed by atoms with Gasteiger partial charge in [0.25, 0.3) is 5.56 Å². The fourth-order valence-corrected chi connectivity index (χ4v) is 6.45. The van der Waals surface area contributed by atoms with Crippen molar-refractivity contribution in [3.05, 3.63) is 47.1 Å². The summed E-state index contributed by atoms with van der Waals surface area (Å²) in [5.41, 5.74) is 0.316. The third-order valence-electron chi connectivity index (χ3n) is 8.89. The number of fused-ring (bicyclic) bond motifs is 1. The van der Waals surface area contributed by atoms with Gasteiger partial charge in [-0.15, -0.1) is 0 Å². The van der Waals surface area contributed by atoms with Crippen molar-refractivity contribution >= 4 is 22.6 Å². The molecule has 3 aliphatic rings. The maximum absolute atomic E-state index is 13.3. The molecule has 208 valence electrons. The Morgan fingerprint density at radius 2 is 1.69 bits per heavy atom. The summed E-state index contributed by atoms with van der Waals surface area (Å²) >= 11 is 0. The highest BCUT2D eigenvalue weighted by atomic mass is 16.3. The molecule has 2 aromatic heterocycles. The molecule has 0 bridgehead atoms. The Hall–Kier alpha value is -3.24. The number of anilines is 1. The third kappa shape index (κ3) is 5.19. The third-order valence-corrected chi connectivity index (χ3v) is 8.89. The predicted molar refractivity (Wildman–Crippen MR) is 148 cm³/mol. The van der Waals surface area contributed by atoms with Crippen LogP contribution in [0.15, 0.2) is 41.6 Å². The topological polar surface area (TPSA) is 117 Å². The second-order valence-electron chi connectivity index (χ2n) is 12.0. The summed E-state index contributed by atoms with van der Waals surface area (Å²) in [5.74, 6) is 0.355. The molecule has 3 aromatic rings. The minimum atomic E-state index is -1.06. The van der Waals surface area contributed by atoms with Crippen LogP contribution in [0.2, 0.25) is 0 Å². The minimum Gasteiger partial charge on any atom is -0.388 e. The van der Waals surface area contributed by atoms with Crippen molar-refractivity contribution in [2.75, 3.05) is 31.1 Å². The summed E-state index contributed by atoms with van der Waals surface area (Å²) in [6, 6.07) is 7.86. The second-order valence-corrected chi connectivity index (χ2v) is 12.0. The van der Waals surface area contributed by atoms with E-state index in [4.69, 9.17) is 0 Å². The molecular formula is C29H38N6O4. The summed E-state index contributed by atoms with van der Waals surface area (Å²) in [6.07, 6.45) is 10.0. The normalized spacial score (nSPS) is 24.0. The molecular weight excluding hydrogens is 496 g/mol. The van der Waals surface area contributed by atoms with E-state index in [-0.39, 0.29) is 23.9 Å². The van der Waals surface area contributed by atoms with Crippen LogP contribution in [-0.2, 0) is 11.3 Å². The number of benzene rings is 1. The van der Waals surface area contributed by atoms with Crippen LogP contribution in [0.3, 0.4) is 0 Å². The number of rotatable bonds is 5. The van der Waals surface area contributed by atoms with Crippen molar-refractivity contribution in [3.63, 3.8) is 0 Å². The zero-order chi connectivity index (χ0) is 27.2. The van der Waals surface area contributed by atoms with E-state index in [1.165, 1.54) is 23.5 Å². The number of hydrogen-bond donors (Lipinski definition) is 2. The fraction of sp³-hybridized carbons (Fsp3) is 0.586. The van der Waals surface area contributed by atoms with Crippen LogP contribution in [0.4, 0.5) is 5.69 Å². The first kappa shape index (κ1) is 26.0. The monoisotopic (exact) mass is 534 g/mol. The number of piperidine rings is 1. The van der Waals surface area contributed by atoms with Gasteiger partial charge in [-0.1, -0.05) is 19.3 Å². The van der Waals surface area contributed by atoms with Gasteiger partial charge in [0.2, 0.25) is 5.91 Å². The minimum absolute atomic E-state index is 0.128. The van der Waals surface area contributed by atoms with Crippen molar-refractivity contribution in [1.82, 2.24) is 24.2 Å². The van der Waals surface area contributed by atoms with E-state index in [0.29, 0.717) is 43.5 Å². The molecule has 2 N–H and O–H groups in total. The maximum Gasteiger partial charge on any atom is 0.264 e. The molecule has 10 nitrogen and oxygen atoms in total. The number of hydrogen-bond acceptors (Lipinski definition) is 7. The number of carbonyl (C=O) groups excluding carboxylic acids is 1. The lowest BCUT2D eigenvalue weighted by Gasteiger charge is -2.40. The Bertz CT molecular complexity index is 1400. The van der Waals surface area contributed by atoms with Crippen molar-refractivity contribution in [2.24, 2.45) is 5.92 Å². The number of carbonyl (C=O) groups is 1. The van der Waals surface area contributed by atoms with Gasteiger partial charge >= 0.3 is 0 Å². The average molecular weight is 535 g/mol. The van der Waals surface area contributed by atoms with Crippen LogP contribution in [0.5, 0.6) is 0 Å². The first-order valence-electron chi connectivity index (χ1n) is 14.2. The summed E-state index contributed by atoms with van der Waals surface area (Å²) in [7, 11) is 0. The molecule has 1 amide bonds. The van der Waals surface area contributed by atoms with Gasteiger partial charge in [0.05, 0.1) is 29.6 Å². The highest BCUT2D eigenvalue weighted by Gasteiger charge is 2.37. The van der Waals surface area contributed by atoms with Crippen LogP contribution < -0.4 is 10.5 Å². The SMILES string of the molecule is CC1(O)CCN(c2ccc(-n3ncc4c(=O)n(CC5(O)CCN(C(=O)C6CCCCC6)CC5)cnc43)cc2)C1. The fourth-order valence-electron chi connectivity index (χ4n) is 6.45. The maximum atomic E-state index is 13.3. The van der Waals surface area contributed by atoms with E-state index in [0.717, 1.165) is 50.0 Å². The molecule has 2 aliphatic heterocycles. The molecule has 2 saturated heterocycles. The van der Waals surface area contributed by atoms with E-state index < -0.39 is 11.2 Å². The molecule has 0 spiro atoms. The van der Waals surface area contributed by atoms with Gasteiger partial charge in [-0.3, -0.25) is 14.2 Å². The first-order valence-corrected chi connectivity index (χ1v) is 14.2. The standard InChI is InChI=1S/C29H38N6O4/c1-28(38)11-14-33(18-28)22-7-9-23(10-8-22)35-25-24(17-31-35)27(37)34(20-30-25)19-29(39)12-15-32(16-13-29)26(36)21-5-3-2-4-6-21/h7-10,17,20-21,38-39H,2-6,11-16,18-19H2,1H3. The smallest absolute Gasteiger partial charge is 0.264 e. The zero-order valence-electron chi connectivity index (χ0n) is 22.6. The Labute approximate surface area is 227 Å². The number of aliphatic hydroxyl groups is 2. The number of likely N-dealkylation sites (tertiary alicyclic amines) is 1. The lowest BCUT2D eigenvalue weighted by molar-refractivity contribution is -0.141. The van der Waals surface area contributed by atoms with Crippen LogP contribution >= 0.6 is 0 Å². The Balaban J connectivity index is 1.14. The first-order chi connectivity index (χ1) is 18.7. The number of aromatic nitrogens is 4. The molecule has 3 fully saturated rings. The van der Waals surface area contributed by atoms with Crippen LogP contribution in [0.25, 0.3) is 16.7 Å². The summed E-state index contributed by atoms with van der Waals surface area (Å²) in [5, 5.41) is 26.4. The highest BCUT2D eigenvalue weighted by molar-refractivity contribution is 5.79. The Kier molecular flexibility index (Phi) is 6.71. The van der Waals surface area contributed by atoms with E-state index in [2.05, 4.69) is 15.0 Å². The van der Waals surface area contributed by atoms with Gasteiger partial charge < -0.3 is 20.0 Å². The van der Waals surface area contributed by atoms with Gasteiger partial charge in [-0.2, -0.15) is 5.10 Å². The van der Waals surface area contributed by atoms with Crippen molar-refractivity contribution < 1.29 is 15.0 Å². The van der Waals surface area contributed by atoms with Crippen LogP contribution in [0, 0.1) is 5.92 Å².